The molecule has 0 radical (unpaired) electrons. The smallest absolute Gasteiger partial charge is 0.291 e. The Kier molecular flexibility index (Phi) is 5.23. The van der Waals surface area contributed by atoms with Crippen LogP contribution in [0.5, 0.6) is 0 Å². The van der Waals surface area contributed by atoms with Gasteiger partial charge in [0, 0.05) is 13.1 Å². The second-order valence-electron chi connectivity index (χ2n) is 8.05. The molecule has 3 heterocycles. The Bertz CT molecular complexity index is 1320. The Morgan fingerprint density at radius 3 is 2.59 bits per heavy atom. The van der Waals surface area contributed by atoms with Gasteiger partial charge in [0.1, 0.15) is 5.82 Å². The molecule has 0 spiro atoms. The highest BCUT2D eigenvalue weighted by atomic mass is 16.3. The zero-order chi connectivity index (χ0) is 22.1. The molecule has 0 bridgehead atoms. The molecule has 2 aromatic heterocycles. The monoisotopic (exact) mass is 428 g/mol. The van der Waals surface area contributed by atoms with Gasteiger partial charge in [-0.3, -0.25) is 14.2 Å². The first-order valence-corrected chi connectivity index (χ1v) is 10.8. The van der Waals surface area contributed by atoms with Crippen LogP contribution in [0.15, 0.2) is 70.1 Å². The van der Waals surface area contributed by atoms with E-state index in [0.717, 1.165) is 37.2 Å². The molecule has 162 valence electrons. The van der Waals surface area contributed by atoms with Gasteiger partial charge >= 0.3 is 0 Å². The van der Waals surface area contributed by atoms with Gasteiger partial charge in [0.2, 0.25) is 0 Å². The normalized spacial score (nSPS) is 13.6. The summed E-state index contributed by atoms with van der Waals surface area (Å²) in [5, 5.41) is 3.42. The molecule has 1 N–H and O–H groups in total. The van der Waals surface area contributed by atoms with Crippen molar-refractivity contribution in [2.45, 2.75) is 26.3 Å². The zero-order valence-corrected chi connectivity index (χ0v) is 17.9. The van der Waals surface area contributed by atoms with Crippen molar-refractivity contribution in [1.82, 2.24) is 9.55 Å². The van der Waals surface area contributed by atoms with Crippen LogP contribution in [-0.2, 0) is 6.54 Å². The van der Waals surface area contributed by atoms with E-state index in [1.807, 2.05) is 43.3 Å². The minimum absolute atomic E-state index is 0.127. The Labute approximate surface area is 185 Å². The maximum atomic E-state index is 13.4. The molecule has 5 rings (SSSR count). The summed E-state index contributed by atoms with van der Waals surface area (Å²) in [4.78, 5) is 33.1. The van der Waals surface area contributed by atoms with Crippen LogP contribution >= 0.6 is 0 Å². The lowest BCUT2D eigenvalue weighted by atomic mass is 10.1. The highest BCUT2D eigenvalue weighted by molar-refractivity contribution is 6.06. The summed E-state index contributed by atoms with van der Waals surface area (Å²) >= 11 is 0. The number of aromatic nitrogens is 2. The summed E-state index contributed by atoms with van der Waals surface area (Å²) < 4.78 is 6.91. The molecule has 4 aromatic rings. The minimum Gasteiger partial charge on any atom is -0.459 e. The molecule has 0 aliphatic carbocycles. The Hall–Kier alpha value is -3.87. The fourth-order valence-corrected chi connectivity index (χ4v) is 4.23. The molecule has 7 heteroatoms. The summed E-state index contributed by atoms with van der Waals surface area (Å²) in [5.74, 6) is 0.534. The third-order valence-electron chi connectivity index (χ3n) is 5.89. The average Bonchev–Trinajstić information content (AvgIpc) is 3.52. The van der Waals surface area contributed by atoms with Gasteiger partial charge in [0.05, 0.1) is 35.1 Å². The van der Waals surface area contributed by atoms with Crippen LogP contribution < -0.4 is 15.8 Å². The van der Waals surface area contributed by atoms with E-state index < -0.39 is 0 Å². The Morgan fingerprint density at radius 1 is 1.09 bits per heavy atom. The van der Waals surface area contributed by atoms with Gasteiger partial charge in [0.25, 0.3) is 11.5 Å². The van der Waals surface area contributed by atoms with Gasteiger partial charge in [-0.2, -0.15) is 0 Å². The summed E-state index contributed by atoms with van der Waals surface area (Å²) in [6, 6.07) is 16.8. The van der Waals surface area contributed by atoms with E-state index in [2.05, 4.69) is 10.2 Å². The number of anilines is 2. The van der Waals surface area contributed by atoms with Crippen LogP contribution in [0.3, 0.4) is 0 Å². The molecular formula is C25H24N4O3. The van der Waals surface area contributed by atoms with Gasteiger partial charge in [-0.05, 0) is 49.6 Å². The number of aryl methyl sites for hydroxylation is 1. The van der Waals surface area contributed by atoms with Crippen LogP contribution in [0.1, 0.15) is 34.8 Å². The van der Waals surface area contributed by atoms with Gasteiger partial charge in [-0.15, -0.1) is 0 Å². The standard InChI is InChI=1S/C25H24N4O3/c1-17-26-20-15-22(28-11-5-6-12-28)21(27-24(30)23-10-7-13-32-23)14-19(20)25(31)29(17)16-18-8-3-2-4-9-18/h2-4,7-10,13-15H,5-6,11-12,16H2,1H3,(H,27,30). The van der Waals surface area contributed by atoms with Crippen LogP contribution in [0.25, 0.3) is 10.9 Å². The van der Waals surface area contributed by atoms with E-state index in [-0.39, 0.29) is 17.2 Å². The predicted octanol–water partition coefficient (Wildman–Crippen LogP) is 4.20. The lowest BCUT2D eigenvalue weighted by molar-refractivity contribution is 0.0996. The topological polar surface area (TPSA) is 80.4 Å². The molecule has 1 amide bonds. The first-order valence-electron chi connectivity index (χ1n) is 10.8. The number of carbonyl (C=O) groups excluding carboxylic acids is 1. The van der Waals surface area contributed by atoms with E-state index in [9.17, 15) is 9.59 Å². The Morgan fingerprint density at radius 2 is 1.88 bits per heavy atom. The average molecular weight is 428 g/mol. The highest BCUT2D eigenvalue weighted by Crippen LogP contribution is 2.32. The van der Waals surface area contributed by atoms with E-state index in [0.29, 0.717) is 29.0 Å². The number of nitrogens with one attached hydrogen (secondary N) is 1. The molecule has 32 heavy (non-hydrogen) atoms. The fraction of sp³-hybridized carbons (Fsp3) is 0.240. The second kappa shape index (κ2) is 8.34. The third kappa shape index (κ3) is 3.77. The number of furan rings is 1. The van der Waals surface area contributed by atoms with Crippen molar-refractivity contribution in [2.24, 2.45) is 0 Å². The SMILES string of the molecule is Cc1nc2cc(N3CCCC3)c(NC(=O)c3ccco3)cc2c(=O)n1Cc1ccccc1. The first-order chi connectivity index (χ1) is 15.6. The number of benzene rings is 2. The van der Waals surface area contributed by atoms with Crippen LogP contribution in [-0.4, -0.2) is 28.5 Å². The molecule has 1 aliphatic heterocycles. The van der Waals surface area contributed by atoms with Gasteiger partial charge in [-0.1, -0.05) is 30.3 Å². The van der Waals surface area contributed by atoms with Gasteiger partial charge in [-0.25, -0.2) is 4.98 Å². The van der Waals surface area contributed by atoms with E-state index in [1.165, 1.54) is 6.26 Å². The van der Waals surface area contributed by atoms with Crippen LogP contribution in [0, 0.1) is 6.92 Å². The number of hydrogen-bond donors (Lipinski definition) is 1. The fourth-order valence-electron chi connectivity index (χ4n) is 4.23. The summed E-state index contributed by atoms with van der Waals surface area (Å²) in [7, 11) is 0. The highest BCUT2D eigenvalue weighted by Gasteiger charge is 2.21. The maximum absolute atomic E-state index is 13.4. The molecule has 1 fully saturated rings. The largest absolute Gasteiger partial charge is 0.459 e. The number of carbonyl (C=O) groups is 1. The lowest BCUT2D eigenvalue weighted by Gasteiger charge is -2.22. The molecule has 0 saturated carbocycles. The van der Waals surface area contributed by atoms with Crippen molar-refractivity contribution in [3.05, 3.63) is 88.4 Å². The van der Waals surface area contributed by atoms with Crippen molar-refractivity contribution >= 4 is 28.2 Å². The molecule has 1 saturated heterocycles. The Balaban J connectivity index is 1.62. The molecule has 1 aliphatic rings. The molecule has 0 unspecified atom stereocenters. The molecule has 7 nitrogen and oxygen atoms in total. The maximum Gasteiger partial charge on any atom is 0.291 e. The van der Waals surface area contributed by atoms with Gasteiger partial charge in [0.15, 0.2) is 5.76 Å². The number of rotatable bonds is 5. The van der Waals surface area contributed by atoms with E-state index in [1.54, 1.807) is 22.8 Å². The number of fused-ring (bicyclic) bond motifs is 1. The van der Waals surface area contributed by atoms with Crippen molar-refractivity contribution in [1.29, 1.82) is 0 Å². The van der Waals surface area contributed by atoms with E-state index >= 15 is 0 Å². The third-order valence-corrected chi connectivity index (χ3v) is 5.89. The predicted molar refractivity (Wildman–Crippen MR) is 124 cm³/mol. The summed E-state index contributed by atoms with van der Waals surface area (Å²) in [5.41, 5.74) is 3.00. The van der Waals surface area contributed by atoms with Crippen molar-refractivity contribution in [3.63, 3.8) is 0 Å². The molecule has 0 atom stereocenters. The van der Waals surface area contributed by atoms with Crippen molar-refractivity contribution < 1.29 is 9.21 Å². The van der Waals surface area contributed by atoms with Crippen molar-refractivity contribution in [2.75, 3.05) is 23.3 Å². The number of amides is 1. The second-order valence-corrected chi connectivity index (χ2v) is 8.05. The minimum atomic E-state index is -0.348. The number of nitrogens with zero attached hydrogens (tertiary/aromatic N) is 3. The first kappa shape index (κ1) is 20.1. The summed E-state index contributed by atoms with van der Waals surface area (Å²) in [6.45, 7) is 4.10. The number of hydrogen-bond acceptors (Lipinski definition) is 5. The molecule has 2 aromatic carbocycles. The van der Waals surface area contributed by atoms with Crippen molar-refractivity contribution in [3.8, 4) is 0 Å². The van der Waals surface area contributed by atoms with E-state index in [4.69, 9.17) is 9.40 Å². The summed E-state index contributed by atoms with van der Waals surface area (Å²) in [6.07, 6.45) is 3.65. The van der Waals surface area contributed by atoms with Gasteiger partial charge < -0.3 is 14.6 Å². The van der Waals surface area contributed by atoms with Crippen LogP contribution in [0.4, 0.5) is 11.4 Å². The lowest BCUT2D eigenvalue weighted by Crippen LogP contribution is -2.26. The quantitative estimate of drug-likeness (QED) is 0.515. The molecular weight excluding hydrogens is 404 g/mol. The zero-order valence-electron chi connectivity index (χ0n) is 17.9. The van der Waals surface area contributed by atoms with Crippen LogP contribution in [0.2, 0.25) is 0 Å².